The average Bonchev–Trinajstić information content (AvgIpc) is 3.46. The van der Waals surface area contributed by atoms with Crippen LogP contribution >= 0.6 is 24.8 Å². The van der Waals surface area contributed by atoms with E-state index in [9.17, 15) is 5.11 Å². The van der Waals surface area contributed by atoms with Crippen molar-refractivity contribution in [3.8, 4) is 5.75 Å². The SMILES string of the molecule is Cl.Cl.Oc1ccc(CN2CC3CC=C(c4ccc(CCN5CCCC5)cc4)C3C2)cc1. The second kappa shape index (κ2) is 10.9. The van der Waals surface area contributed by atoms with Gasteiger partial charge in [0.25, 0.3) is 0 Å². The lowest BCUT2D eigenvalue weighted by atomic mass is 9.90. The first-order valence-corrected chi connectivity index (χ1v) is 11.3. The lowest BCUT2D eigenvalue weighted by Crippen LogP contribution is -2.21. The zero-order valence-electron chi connectivity index (χ0n) is 18.1. The van der Waals surface area contributed by atoms with Gasteiger partial charge in [0.05, 0.1) is 0 Å². The summed E-state index contributed by atoms with van der Waals surface area (Å²) in [6.07, 6.45) is 7.62. The zero-order chi connectivity index (χ0) is 19.6. The molecule has 2 unspecified atom stereocenters. The van der Waals surface area contributed by atoms with Gasteiger partial charge >= 0.3 is 0 Å². The van der Waals surface area contributed by atoms with Crippen LogP contribution in [0.3, 0.4) is 0 Å². The predicted octanol–water partition coefficient (Wildman–Crippen LogP) is 5.41. The highest BCUT2D eigenvalue weighted by Crippen LogP contribution is 2.43. The summed E-state index contributed by atoms with van der Waals surface area (Å²) in [6, 6.07) is 17.1. The molecular formula is C26H34Cl2N2O. The van der Waals surface area contributed by atoms with E-state index >= 15 is 0 Å². The fourth-order valence-electron chi connectivity index (χ4n) is 5.46. The number of hydrogen-bond donors (Lipinski definition) is 1. The Labute approximate surface area is 199 Å². The average molecular weight is 461 g/mol. The van der Waals surface area contributed by atoms with Crippen LogP contribution in [0.4, 0.5) is 0 Å². The number of benzene rings is 2. The lowest BCUT2D eigenvalue weighted by molar-refractivity contribution is 0.314. The summed E-state index contributed by atoms with van der Waals surface area (Å²) < 4.78 is 0. The molecular weight excluding hydrogens is 427 g/mol. The molecule has 0 radical (unpaired) electrons. The van der Waals surface area contributed by atoms with Gasteiger partial charge in [0.15, 0.2) is 0 Å². The van der Waals surface area contributed by atoms with Gasteiger partial charge in [0.2, 0.25) is 0 Å². The summed E-state index contributed by atoms with van der Waals surface area (Å²) in [5, 5.41) is 9.49. The number of allylic oxidation sites excluding steroid dienone is 1. The van der Waals surface area contributed by atoms with Gasteiger partial charge < -0.3 is 10.0 Å². The Hall–Kier alpha value is -1.52. The van der Waals surface area contributed by atoms with E-state index in [0.717, 1.165) is 19.0 Å². The molecule has 0 amide bonds. The van der Waals surface area contributed by atoms with Gasteiger partial charge in [0, 0.05) is 32.1 Å². The normalized spacial score (nSPS) is 23.2. The minimum absolute atomic E-state index is 0. The number of phenolic OH excluding ortho intramolecular Hbond substituents is 1. The van der Waals surface area contributed by atoms with Gasteiger partial charge in [-0.1, -0.05) is 42.5 Å². The van der Waals surface area contributed by atoms with Crippen LogP contribution in [0.15, 0.2) is 54.6 Å². The van der Waals surface area contributed by atoms with Crippen LogP contribution in [0, 0.1) is 11.8 Å². The molecule has 3 aliphatic rings. The molecule has 1 N–H and O–H groups in total. The van der Waals surface area contributed by atoms with Crippen molar-refractivity contribution in [3.05, 3.63) is 71.3 Å². The van der Waals surface area contributed by atoms with Crippen LogP contribution in [0.2, 0.25) is 0 Å². The first kappa shape index (κ1) is 24.1. The molecule has 0 bridgehead atoms. The Kier molecular flexibility index (Phi) is 8.46. The van der Waals surface area contributed by atoms with E-state index in [2.05, 4.69) is 40.1 Å². The smallest absolute Gasteiger partial charge is 0.115 e. The molecule has 1 aliphatic carbocycles. The summed E-state index contributed by atoms with van der Waals surface area (Å²) in [7, 11) is 0. The highest BCUT2D eigenvalue weighted by Gasteiger charge is 2.38. The number of likely N-dealkylation sites (tertiary alicyclic amines) is 2. The molecule has 0 aromatic heterocycles. The number of fused-ring (bicyclic) bond motifs is 1. The van der Waals surface area contributed by atoms with Crippen molar-refractivity contribution in [2.24, 2.45) is 11.8 Å². The topological polar surface area (TPSA) is 26.7 Å². The first-order chi connectivity index (χ1) is 14.2. The Bertz CT molecular complexity index is 860. The maximum Gasteiger partial charge on any atom is 0.115 e. The Morgan fingerprint density at radius 2 is 1.48 bits per heavy atom. The van der Waals surface area contributed by atoms with E-state index in [0.29, 0.717) is 11.7 Å². The quantitative estimate of drug-likeness (QED) is 0.623. The second-order valence-corrected chi connectivity index (χ2v) is 9.12. The highest BCUT2D eigenvalue weighted by atomic mass is 35.5. The monoisotopic (exact) mass is 460 g/mol. The third kappa shape index (κ3) is 5.64. The van der Waals surface area contributed by atoms with Crippen molar-refractivity contribution < 1.29 is 5.11 Å². The summed E-state index contributed by atoms with van der Waals surface area (Å²) in [4.78, 5) is 5.18. The van der Waals surface area contributed by atoms with Crippen molar-refractivity contribution in [3.63, 3.8) is 0 Å². The molecule has 2 aliphatic heterocycles. The van der Waals surface area contributed by atoms with Crippen LogP contribution in [-0.2, 0) is 13.0 Å². The van der Waals surface area contributed by atoms with Crippen molar-refractivity contribution in [1.82, 2.24) is 9.80 Å². The number of phenols is 1. The van der Waals surface area contributed by atoms with Crippen molar-refractivity contribution in [2.75, 3.05) is 32.7 Å². The van der Waals surface area contributed by atoms with Crippen LogP contribution in [0.1, 0.15) is 36.0 Å². The molecule has 5 heteroatoms. The molecule has 168 valence electrons. The Morgan fingerprint density at radius 1 is 0.806 bits per heavy atom. The fourth-order valence-corrected chi connectivity index (χ4v) is 5.46. The lowest BCUT2D eigenvalue weighted by Gasteiger charge is -2.18. The molecule has 5 rings (SSSR count). The summed E-state index contributed by atoms with van der Waals surface area (Å²) in [6.45, 7) is 7.09. The molecule has 2 aromatic carbocycles. The van der Waals surface area contributed by atoms with Gasteiger partial charge in [0.1, 0.15) is 5.75 Å². The van der Waals surface area contributed by atoms with E-state index in [-0.39, 0.29) is 24.8 Å². The highest BCUT2D eigenvalue weighted by molar-refractivity contribution is 5.85. The van der Waals surface area contributed by atoms with Crippen LogP contribution in [0.5, 0.6) is 5.75 Å². The van der Waals surface area contributed by atoms with Crippen LogP contribution in [-0.4, -0.2) is 47.6 Å². The van der Waals surface area contributed by atoms with Crippen molar-refractivity contribution >= 4 is 30.4 Å². The number of halogens is 2. The third-order valence-corrected chi connectivity index (χ3v) is 7.10. The van der Waals surface area contributed by atoms with E-state index in [1.807, 2.05) is 12.1 Å². The van der Waals surface area contributed by atoms with Crippen LogP contribution < -0.4 is 0 Å². The second-order valence-electron chi connectivity index (χ2n) is 9.12. The molecule has 3 nitrogen and oxygen atoms in total. The molecule has 31 heavy (non-hydrogen) atoms. The predicted molar refractivity (Wildman–Crippen MR) is 133 cm³/mol. The minimum atomic E-state index is 0. The standard InChI is InChI=1S/C26H32N2O.2ClH/c29-24-10-5-21(6-11-24)17-28-18-23-9-12-25(26(23)19-28)22-7-3-20(4-8-22)13-16-27-14-1-2-15-27;;/h3-8,10-12,23,26,29H,1-2,9,13-19H2;2*1H. The van der Waals surface area contributed by atoms with Gasteiger partial charge in [-0.25, -0.2) is 0 Å². The van der Waals surface area contributed by atoms with E-state index < -0.39 is 0 Å². The third-order valence-electron chi connectivity index (χ3n) is 7.10. The first-order valence-electron chi connectivity index (χ1n) is 11.3. The van der Waals surface area contributed by atoms with Gasteiger partial charge in [-0.05, 0) is 79.1 Å². The van der Waals surface area contributed by atoms with E-state index in [4.69, 9.17) is 0 Å². The fraction of sp³-hybridized carbons (Fsp3) is 0.462. The zero-order valence-corrected chi connectivity index (χ0v) is 19.7. The maximum atomic E-state index is 9.49. The summed E-state index contributed by atoms with van der Waals surface area (Å²) in [5.74, 6) is 1.78. The van der Waals surface area contributed by atoms with Crippen molar-refractivity contribution in [1.29, 1.82) is 0 Å². The van der Waals surface area contributed by atoms with E-state index in [1.165, 1.54) is 68.6 Å². The molecule has 0 saturated carbocycles. The number of nitrogens with zero attached hydrogens (tertiary/aromatic N) is 2. The van der Waals surface area contributed by atoms with Gasteiger partial charge in [-0.15, -0.1) is 24.8 Å². The summed E-state index contributed by atoms with van der Waals surface area (Å²) >= 11 is 0. The maximum absolute atomic E-state index is 9.49. The Balaban J connectivity index is 0.00000136. The minimum Gasteiger partial charge on any atom is -0.508 e. The molecule has 0 spiro atoms. The van der Waals surface area contributed by atoms with Gasteiger partial charge in [-0.2, -0.15) is 0 Å². The van der Waals surface area contributed by atoms with Gasteiger partial charge in [-0.3, -0.25) is 4.90 Å². The molecule has 2 aromatic rings. The van der Waals surface area contributed by atoms with Crippen LogP contribution in [0.25, 0.3) is 5.57 Å². The molecule has 2 saturated heterocycles. The molecule has 2 heterocycles. The molecule has 2 fully saturated rings. The molecule has 2 atom stereocenters. The number of rotatable bonds is 6. The number of aromatic hydroxyl groups is 1. The summed E-state index contributed by atoms with van der Waals surface area (Å²) in [5.41, 5.74) is 5.75. The Morgan fingerprint density at radius 3 is 2.19 bits per heavy atom. The largest absolute Gasteiger partial charge is 0.508 e. The van der Waals surface area contributed by atoms with E-state index in [1.54, 1.807) is 17.7 Å². The number of hydrogen-bond acceptors (Lipinski definition) is 3. The van der Waals surface area contributed by atoms with Crippen molar-refractivity contribution in [2.45, 2.75) is 32.2 Å².